The van der Waals surface area contributed by atoms with Crippen molar-refractivity contribution in [2.24, 2.45) is 0 Å². The van der Waals surface area contributed by atoms with Crippen LogP contribution >= 0.6 is 0 Å². The summed E-state index contributed by atoms with van der Waals surface area (Å²) < 4.78 is 33.9. The number of rotatable bonds is 5. The molecule has 0 aliphatic carbocycles. The monoisotopic (exact) mass is 393 g/mol. The molecule has 2 aromatic carbocycles. The molecule has 29 heavy (non-hydrogen) atoms. The fourth-order valence-corrected chi connectivity index (χ4v) is 3.08. The van der Waals surface area contributed by atoms with Crippen molar-refractivity contribution < 1.29 is 13.5 Å². The van der Waals surface area contributed by atoms with E-state index in [9.17, 15) is 8.78 Å². The first-order valence-corrected chi connectivity index (χ1v) is 8.99. The van der Waals surface area contributed by atoms with E-state index in [0.717, 1.165) is 18.2 Å². The Morgan fingerprint density at radius 1 is 1.00 bits per heavy atom. The van der Waals surface area contributed by atoms with Gasteiger partial charge in [0.05, 0.1) is 19.0 Å². The molecule has 0 saturated carbocycles. The third-order valence-electron chi connectivity index (χ3n) is 4.38. The van der Waals surface area contributed by atoms with Crippen LogP contribution in [-0.2, 0) is 0 Å². The molecule has 0 spiro atoms. The molecule has 2 heterocycles. The van der Waals surface area contributed by atoms with Crippen LogP contribution in [0.5, 0.6) is 5.75 Å². The Hall–Kier alpha value is -3.68. The van der Waals surface area contributed by atoms with Gasteiger partial charge in [-0.3, -0.25) is 0 Å². The van der Waals surface area contributed by atoms with Crippen LogP contribution in [0, 0.1) is 11.6 Å². The van der Waals surface area contributed by atoms with E-state index >= 15 is 0 Å². The van der Waals surface area contributed by atoms with Crippen molar-refractivity contribution in [1.82, 2.24) is 20.2 Å². The average molecular weight is 393 g/mol. The summed E-state index contributed by atoms with van der Waals surface area (Å²) in [6, 6.07) is 8.47. The molecule has 0 aliphatic heterocycles. The van der Waals surface area contributed by atoms with Crippen molar-refractivity contribution in [1.29, 1.82) is 0 Å². The lowest BCUT2D eigenvalue weighted by atomic mass is 10.0. The molecule has 0 bridgehead atoms. The smallest absolute Gasteiger partial charge is 0.163 e. The summed E-state index contributed by atoms with van der Waals surface area (Å²) in [4.78, 5) is 9.19. The molecule has 146 valence electrons. The van der Waals surface area contributed by atoms with Crippen LogP contribution in [0.4, 0.5) is 14.6 Å². The van der Waals surface area contributed by atoms with E-state index in [2.05, 4.69) is 25.5 Å². The second kappa shape index (κ2) is 7.75. The van der Waals surface area contributed by atoms with Gasteiger partial charge in [-0.25, -0.2) is 18.7 Å². The molecule has 0 aliphatic rings. The largest absolute Gasteiger partial charge is 0.492 e. The Kier molecular flexibility index (Phi) is 4.99. The van der Waals surface area contributed by atoms with Crippen molar-refractivity contribution in [3.8, 4) is 28.3 Å². The highest BCUT2D eigenvalue weighted by atomic mass is 19.1. The number of nitrogens with zero attached hydrogens (tertiary/aromatic N) is 4. The molecule has 0 radical (unpaired) electrons. The van der Waals surface area contributed by atoms with E-state index in [1.165, 1.54) is 0 Å². The van der Waals surface area contributed by atoms with Crippen molar-refractivity contribution in [2.75, 3.05) is 19.0 Å². The molecule has 0 unspecified atom stereocenters. The number of aromatic nitrogens is 4. The predicted octanol–water partition coefficient (Wildman–Crippen LogP) is 4.47. The van der Waals surface area contributed by atoms with Crippen LogP contribution in [0.15, 0.2) is 48.8 Å². The third-order valence-corrected chi connectivity index (χ3v) is 4.38. The summed E-state index contributed by atoms with van der Waals surface area (Å²) in [7, 11) is 1.73. The van der Waals surface area contributed by atoms with Gasteiger partial charge in [-0.2, -0.15) is 10.2 Å². The lowest BCUT2D eigenvalue weighted by Gasteiger charge is -2.14. The Bertz CT molecular complexity index is 1180. The maximum atomic E-state index is 14.4. The number of hydrogen-bond donors (Lipinski definition) is 1. The number of nitrogens with one attached hydrogen (secondary N) is 1. The molecule has 0 saturated heterocycles. The van der Waals surface area contributed by atoms with E-state index in [-0.39, 0.29) is 5.56 Å². The zero-order valence-corrected chi connectivity index (χ0v) is 15.8. The number of fused-ring (bicyclic) bond motifs is 1. The SMILES string of the molecule is CCOc1cc(-c2cc(F)ccc2F)cc2c(NC)nc(-c3ccnnc3)nc12. The predicted molar refractivity (Wildman–Crippen MR) is 107 cm³/mol. The molecule has 1 N–H and O–H groups in total. The molecular weight excluding hydrogens is 376 g/mol. The van der Waals surface area contributed by atoms with Gasteiger partial charge >= 0.3 is 0 Å². The van der Waals surface area contributed by atoms with Gasteiger partial charge in [-0.1, -0.05) is 0 Å². The van der Waals surface area contributed by atoms with Gasteiger partial charge in [-0.15, -0.1) is 0 Å². The van der Waals surface area contributed by atoms with E-state index in [4.69, 9.17) is 4.74 Å². The fourth-order valence-electron chi connectivity index (χ4n) is 3.08. The minimum Gasteiger partial charge on any atom is -0.492 e. The molecule has 0 atom stereocenters. The summed E-state index contributed by atoms with van der Waals surface area (Å²) >= 11 is 0. The number of anilines is 1. The topological polar surface area (TPSA) is 72.8 Å². The summed E-state index contributed by atoms with van der Waals surface area (Å²) in [5.41, 5.74) is 1.85. The molecule has 4 rings (SSSR count). The van der Waals surface area contributed by atoms with Gasteiger partial charge in [0, 0.05) is 23.6 Å². The maximum Gasteiger partial charge on any atom is 0.163 e. The Balaban J connectivity index is 2.00. The Morgan fingerprint density at radius 2 is 1.86 bits per heavy atom. The highest BCUT2D eigenvalue weighted by Gasteiger charge is 2.17. The molecule has 0 amide bonds. The first-order chi connectivity index (χ1) is 14.1. The van der Waals surface area contributed by atoms with Crippen LogP contribution in [0.1, 0.15) is 6.92 Å². The van der Waals surface area contributed by atoms with E-state index in [1.807, 2.05) is 6.92 Å². The summed E-state index contributed by atoms with van der Waals surface area (Å²) in [5, 5.41) is 11.3. The van der Waals surface area contributed by atoms with Gasteiger partial charge in [-0.05, 0) is 48.9 Å². The lowest BCUT2D eigenvalue weighted by Crippen LogP contribution is -2.02. The zero-order valence-electron chi connectivity index (χ0n) is 15.8. The lowest BCUT2D eigenvalue weighted by molar-refractivity contribution is 0.344. The van der Waals surface area contributed by atoms with Crippen molar-refractivity contribution in [2.45, 2.75) is 6.92 Å². The van der Waals surface area contributed by atoms with E-state index in [0.29, 0.717) is 46.0 Å². The molecule has 6 nitrogen and oxygen atoms in total. The fraction of sp³-hybridized carbons (Fsp3) is 0.143. The van der Waals surface area contributed by atoms with Crippen molar-refractivity contribution in [3.05, 3.63) is 60.4 Å². The van der Waals surface area contributed by atoms with Gasteiger partial charge in [0.2, 0.25) is 0 Å². The first kappa shape index (κ1) is 18.7. The van der Waals surface area contributed by atoms with Crippen molar-refractivity contribution in [3.63, 3.8) is 0 Å². The second-order valence-electron chi connectivity index (χ2n) is 6.20. The number of halogens is 2. The second-order valence-corrected chi connectivity index (χ2v) is 6.20. The normalized spacial score (nSPS) is 10.9. The Labute approximate surface area is 165 Å². The quantitative estimate of drug-likeness (QED) is 0.539. The number of benzene rings is 2. The minimum absolute atomic E-state index is 0.136. The van der Waals surface area contributed by atoms with E-state index in [1.54, 1.807) is 37.6 Å². The Morgan fingerprint density at radius 3 is 2.59 bits per heavy atom. The summed E-state index contributed by atoms with van der Waals surface area (Å²) in [6.45, 7) is 2.23. The average Bonchev–Trinajstić information content (AvgIpc) is 2.75. The van der Waals surface area contributed by atoms with Gasteiger partial charge in [0.15, 0.2) is 5.82 Å². The van der Waals surface area contributed by atoms with Crippen molar-refractivity contribution >= 4 is 16.7 Å². The van der Waals surface area contributed by atoms with Crippen LogP contribution in [-0.4, -0.2) is 33.8 Å². The van der Waals surface area contributed by atoms with Gasteiger partial charge < -0.3 is 10.1 Å². The van der Waals surface area contributed by atoms with Crippen LogP contribution in [0.25, 0.3) is 33.4 Å². The number of hydrogen-bond acceptors (Lipinski definition) is 6. The number of ether oxygens (including phenoxy) is 1. The zero-order chi connectivity index (χ0) is 20.4. The first-order valence-electron chi connectivity index (χ1n) is 8.99. The summed E-state index contributed by atoms with van der Waals surface area (Å²) in [5.74, 6) is 0.374. The minimum atomic E-state index is -0.528. The molecule has 4 aromatic rings. The molecule has 8 heteroatoms. The highest BCUT2D eigenvalue weighted by Crippen LogP contribution is 2.36. The van der Waals surface area contributed by atoms with Crippen LogP contribution < -0.4 is 10.1 Å². The maximum absolute atomic E-state index is 14.4. The molecular formula is C21H17F2N5O. The standard InChI is InChI=1S/C21H17F2N5O/c1-3-29-18-9-13(15-10-14(22)4-5-17(15)23)8-16-19(18)27-20(28-21(16)24-2)12-6-7-25-26-11-12/h4-11H,3H2,1-2H3,(H,24,27,28). The van der Waals surface area contributed by atoms with Crippen LogP contribution in [0.3, 0.4) is 0 Å². The molecule has 2 aromatic heterocycles. The highest BCUT2D eigenvalue weighted by molar-refractivity contribution is 5.97. The van der Waals surface area contributed by atoms with Crippen LogP contribution in [0.2, 0.25) is 0 Å². The van der Waals surface area contributed by atoms with E-state index < -0.39 is 11.6 Å². The summed E-state index contributed by atoms with van der Waals surface area (Å²) in [6.07, 6.45) is 3.12. The third kappa shape index (κ3) is 3.56. The van der Waals surface area contributed by atoms with Gasteiger partial charge in [0.1, 0.15) is 28.7 Å². The van der Waals surface area contributed by atoms with Gasteiger partial charge in [0.25, 0.3) is 0 Å². The molecule has 0 fully saturated rings.